The second-order valence-electron chi connectivity index (χ2n) is 4.50. The van der Waals surface area contributed by atoms with E-state index in [0.717, 1.165) is 0 Å². The molecule has 2 heterocycles. The Kier molecular flexibility index (Phi) is 2.96. The Morgan fingerprint density at radius 3 is 2.62 bits per heavy atom. The quantitative estimate of drug-likeness (QED) is 0.868. The Morgan fingerprint density at radius 1 is 1.43 bits per heavy atom. The third-order valence-electron chi connectivity index (χ3n) is 3.05. The van der Waals surface area contributed by atoms with E-state index in [2.05, 4.69) is 14.9 Å². The standard InChI is InChI=1S/C12H9ClF2N2O4/c1-17-8(4-7(16-17)11(18)19)5-2-9-10(3-6(5)13)21-12(14,15)20-9/h2-4,7,16H,1H3,(H,18,19). The molecule has 9 heteroatoms. The molecule has 0 bridgehead atoms. The fraction of sp³-hybridized carbons (Fsp3) is 0.250. The molecule has 1 atom stereocenters. The van der Waals surface area contributed by atoms with Crippen LogP contribution in [0.25, 0.3) is 5.70 Å². The molecule has 0 amide bonds. The lowest BCUT2D eigenvalue weighted by Gasteiger charge is -2.18. The van der Waals surface area contributed by atoms with Crippen molar-refractivity contribution in [2.45, 2.75) is 12.3 Å². The van der Waals surface area contributed by atoms with Crippen molar-refractivity contribution in [2.75, 3.05) is 7.05 Å². The molecule has 1 aromatic rings. The van der Waals surface area contributed by atoms with Crippen molar-refractivity contribution >= 4 is 23.3 Å². The maximum absolute atomic E-state index is 13.0. The minimum atomic E-state index is -3.73. The van der Waals surface area contributed by atoms with Crippen molar-refractivity contribution in [1.82, 2.24) is 10.4 Å². The Hall–Kier alpha value is -2.06. The number of nitrogens with zero attached hydrogens (tertiary/aromatic N) is 1. The van der Waals surface area contributed by atoms with Gasteiger partial charge in [0.1, 0.15) is 6.04 Å². The zero-order valence-electron chi connectivity index (χ0n) is 10.6. The van der Waals surface area contributed by atoms with Gasteiger partial charge in [-0.15, -0.1) is 8.78 Å². The summed E-state index contributed by atoms with van der Waals surface area (Å²) in [5, 5.41) is 10.6. The van der Waals surface area contributed by atoms with E-state index in [1.54, 1.807) is 7.05 Å². The van der Waals surface area contributed by atoms with Gasteiger partial charge in [-0.05, 0) is 12.1 Å². The van der Waals surface area contributed by atoms with Crippen LogP contribution < -0.4 is 14.9 Å². The predicted octanol–water partition coefficient (Wildman–Crippen LogP) is 1.91. The van der Waals surface area contributed by atoms with Crippen LogP contribution in [0.4, 0.5) is 8.78 Å². The first-order valence-corrected chi connectivity index (χ1v) is 6.19. The van der Waals surface area contributed by atoms with E-state index in [9.17, 15) is 13.6 Å². The number of hydrazine groups is 1. The van der Waals surface area contributed by atoms with Crippen LogP contribution in [0.2, 0.25) is 5.02 Å². The van der Waals surface area contributed by atoms with Crippen molar-refractivity contribution < 1.29 is 28.2 Å². The van der Waals surface area contributed by atoms with Gasteiger partial charge in [0.2, 0.25) is 0 Å². The SMILES string of the molecule is CN1NC(C(=O)O)C=C1c1cc2c(cc1Cl)OC(F)(F)O2. The number of halogens is 3. The first-order chi connectivity index (χ1) is 9.77. The predicted molar refractivity (Wildman–Crippen MR) is 68.0 cm³/mol. The van der Waals surface area contributed by atoms with Crippen LogP contribution >= 0.6 is 11.6 Å². The van der Waals surface area contributed by atoms with Crippen molar-refractivity contribution in [1.29, 1.82) is 0 Å². The number of carboxylic acid groups (broad SMARTS) is 1. The number of hydrogen-bond acceptors (Lipinski definition) is 5. The number of benzene rings is 1. The van der Waals surface area contributed by atoms with Crippen molar-refractivity contribution in [2.24, 2.45) is 0 Å². The number of carboxylic acids is 1. The van der Waals surface area contributed by atoms with E-state index in [1.807, 2.05) is 0 Å². The summed E-state index contributed by atoms with van der Waals surface area (Å²) in [6, 6.07) is 1.57. The molecule has 2 N–H and O–H groups in total. The summed E-state index contributed by atoms with van der Waals surface area (Å²) in [6.45, 7) is 0. The van der Waals surface area contributed by atoms with Gasteiger partial charge in [0.15, 0.2) is 11.5 Å². The molecule has 112 valence electrons. The van der Waals surface area contributed by atoms with Gasteiger partial charge < -0.3 is 19.6 Å². The van der Waals surface area contributed by atoms with E-state index in [1.165, 1.54) is 23.2 Å². The van der Waals surface area contributed by atoms with E-state index >= 15 is 0 Å². The summed E-state index contributed by atoms with van der Waals surface area (Å²) in [7, 11) is 1.59. The number of alkyl halides is 2. The third kappa shape index (κ3) is 2.36. The molecule has 2 aliphatic rings. The first-order valence-electron chi connectivity index (χ1n) is 5.81. The van der Waals surface area contributed by atoms with Crippen LogP contribution in [0.5, 0.6) is 11.5 Å². The van der Waals surface area contributed by atoms with E-state index in [4.69, 9.17) is 16.7 Å². The van der Waals surface area contributed by atoms with Crippen LogP contribution in [-0.4, -0.2) is 35.5 Å². The summed E-state index contributed by atoms with van der Waals surface area (Å²) in [5.74, 6) is -1.40. The Bertz CT molecular complexity index is 665. The molecule has 2 aliphatic heterocycles. The zero-order valence-corrected chi connectivity index (χ0v) is 11.3. The fourth-order valence-electron chi connectivity index (χ4n) is 2.15. The van der Waals surface area contributed by atoms with E-state index in [-0.39, 0.29) is 16.5 Å². The van der Waals surface area contributed by atoms with Gasteiger partial charge in [0, 0.05) is 18.7 Å². The molecule has 0 saturated carbocycles. The summed E-state index contributed by atoms with van der Waals surface area (Å²) < 4.78 is 34.7. The molecular weight excluding hydrogens is 310 g/mol. The number of rotatable bonds is 2. The summed E-state index contributed by atoms with van der Waals surface area (Å²) in [6.07, 6.45) is -2.31. The van der Waals surface area contributed by atoms with Crippen LogP contribution in [0, 0.1) is 0 Å². The monoisotopic (exact) mass is 318 g/mol. The summed E-state index contributed by atoms with van der Waals surface area (Å²) >= 11 is 6.05. The summed E-state index contributed by atoms with van der Waals surface area (Å²) in [5.41, 5.74) is 3.47. The molecule has 0 spiro atoms. The molecule has 0 aromatic heterocycles. The summed E-state index contributed by atoms with van der Waals surface area (Å²) in [4.78, 5) is 11.0. The largest absolute Gasteiger partial charge is 0.586 e. The molecule has 0 radical (unpaired) electrons. The first kappa shape index (κ1) is 13.9. The van der Waals surface area contributed by atoms with Gasteiger partial charge in [0.05, 0.1) is 10.7 Å². The second-order valence-corrected chi connectivity index (χ2v) is 4.91. The highest BCUT2D eigenvalue weighted by molar-refractivity contribution is 6.32. The smallest absolute Gasteiger partial charge is 0.480 e. The second kappa shape index (κ2) is 4.47. The molecule has 0 saturated heterocycles. The van der Waals surface area contributed by atoms with Crippen molar-refractivity contribution in [3.05, 3.63) is 28.8 Å². The average Bonchev–Trinajstić information content (AvgIpc) is 2.87. The lowest BCUT2D eigenvalue weighted by molar-refractivity contribution is -0.286. The highest BCUT2D eigenvalue weighted by atomic mass is 35.5. The number of nitrogens with one attached hydrogen (secondary N) is 1. The highest BCUT2D eigenvalue weighted by Crippen LogP contribution is 2.45. The van der Waals surface area contributed by atoms with Crippen LogP contribution in [0.3, 0.4) is 0 Å². The lowest BCUT2D eigenvalue weighted by atomic mass is 10.1. The average molecular weight is 319 g/mol. The number of hydrogen-bond donors (Lipinski definition) is 2. The minimum absolute atomic E-state index is 0.140. The fourth-order valence-corrected chi connectivity index (χ4v) is 2.40. The Morgan fingerprint density at radius 2 is 2.05 bits per heavy atom. The van der Waals surface area contributed by atoms with Crippen molar-refractivity contribution in [3.63, 3.8) is 0 Å². The molecule has 6 nitrogen and oxygen atoms in total. The van der Waals surface area contributed by atoms with Gasteiger partial charge in [-0.3, -0.25) is 4.79 Å². The normalized spacial score (nSPS) is 22.4. The Balaban J connectivity index is 2.01. The molecular formula is C12H9ClF2N2O4. The molecule has 0 aliphatic carbocycles. The molecule has 0 fully saturated rings. The number of fused-ring (bicyclic) bond motifs is 1. The van der Waals surface area contributed by atoms with Gasteiger partial charge in [0.25, 0.3) is 0 Å². The van der Waals surface area contributed by atoms with Crippen LogP contribution in [0.15, 0.2) is 18.2 Å². The minimum Gasteiger partial charge on any atom is -0.480 e. The van der Waals surface area contributed by atoms with Gasteiger partial charge in [-0.25, -0.2) is 5.43 Å². The van der Waals surface area contributed by atoms with Crippen LogP contribution in [0.1, 0.15) is 5.56 Å². The van der Waals surface area contributed by atoms with E-state index < -0.39 is 18.3 Å². The highest BCUT2D eigenvalue weighted by Gasteiger charge is 2.44. The Labute approximate surface area is 122 Å². The molecule has 1 unspecified atom stereocenters. The van der Waals surface area contributed by atoms with Crippen LogP contribution in [-0.2, 0) is 4.79 Å². The molecule has 1 aromatic carbocycles. The van der Waals surface area contributed by atoms with E-state index in [0.29, 0.717) is 11.3 Å². The van der Waals surface area contributed by atoms with Gasteiger partial charge in [-0.1, -0.05) is 11.6 Å². The van der Waals surface area contributed by atoms with Crippen molar-refractivity contribution in [3.8, 4) is 11.5 Å². The van der Waals surface area contributed by atoms with Gasteiger partial charge >= 0.3 is 12.3 Å². The number of ether oxygens (including phenoxy) is 2. The third-order valence-corrected chi connectivity index (χ3v) is 3.36. The lowest BCUT2D eigenvalue weighted by Crippen LogP contribution is -2.38. The maximum atomic E-state index is 13.0. The number of aliphatic carboxylic acids is 1. The zero-order chi connectivity index (χ0) is 15.4. The maximum Gasteiger partial charge on any atom is 0.586 e. The number of carbonyl (C=O) groups is 1. The molecule has 21 heavy (non-hydrogen) atoms. The van der Waals surface area contributed by atoms with Gasteiger partial charge in [-0.2, -0.15) is 0 Å². The molecule has 3 rings (SSSR count). The topological polar surface area (TPSA) is 71.0 Å².